The monoisotopic (exact) mass is 374 g/mol. The molecule has 0 saturated carbocycles. The third-order valence-electron chi connectivity index (χ3n) is 3.33. The molecule has 0 amide bonds. The van der Waals surface area contributed by atoms with Crippen LogP contribution in [0.2, 0.25) is 0 Å². The highest BCUT2D eigenvalue weighted by molar-refractivity contribution is 7.80. The Hall–Kier alpha value is -2.80. The smallest absolute Gasteiger partial charge is 0.338 e. The van der Waals surface area contributed by atoms with Crippen molar-refractivity contribution in [3.63, 3.8) is 0 Å². The normalized spacial score (nSPS) is 10.2. The van der Waals surface area contributed by atoms with Gasteiger partial charge in [0, 0.05) is 29.6 Å². The number of hydrogen-bond donors (Lipinski definition) is 2. The molecular weight excluding hydrogens is 352 g/mol. The Bertz CT molecular complexity index is 753. The highest BCUT2D eigenvalue weighted by atomic mass is 32.1. The first-order chi connectivity index (χ1) is 12.4. The van der Waals surface area contributed by atoms with E-state index in [1.807, 2.05) is 26.0 Å². The van der Waals surface area contributed by atoms with E-state index in [-0.39, 0.29) is 12.1 Å². The van der Waals surface area contributed by atoms with Crippen molar-refractivity contribution in [2.45, 2.75) is 20.0 Å². The van der Waals surface area contributed by atoms with E-state index in [1.165, 1.54) is 0 Å². The fourth-order valence-electron chi connectivity index (χ4n) is 2.14. The van der Waals surface area contributed by atoms with Crippen LogP contribution in [0.15, 0.2) is 42.5 Å². The summed E-state index contributed by atoms with van der Waals surface area (Å²) in [4.78, 5) is 11.8. The summed E-state index contributed by atoms with van der Waals surface area (Å²) in [6.45, 7) is 3.62. The standard InChI is InChI=1S/C19H22N2O4S/c1-12(2)25-18(22)13-5-7-14(8-6-13)20-19(26)21-15-9-16(23-3)11-17(10-15)24-4/h5-12H,1-4H3,(H2,20,21,26). The first kappa shape index (κ1) is 19.5. The maximum Gasteiger partial charge on any atom is 0.338 e. The number of nitrogens with one attached hydrogen (secondary N) is 2. The van der Waals surface area contributed by atoms with Crippen LogP contribution in [0.5, 0.6) is 11.5 Å². The van der Waals surface area contributed by atoms with Crippen LogP contribution < -0.4 is 20.1 Å². The molecule has 0 atom stereocenters. The van der Waals surface area contributed by atoms with Gasteiger partial charge in [-0.25, -0.2) is 4.79 Å². The van der Waals surface area contributed by atoms with Gasteiger partial charge < -0.3 is 24.8 Å². The predicted octanol–water partition coefficient (Wildman–Crippen LogP) is 4.08. The number of hydrogen-bond acceptors (Lipinski definition) is 5. The molecule has 0 aliphatic carbocycles. The zero-order chi connectivity index (χ0) is 19.1. The topological polar surface area (TPSA) is 68.8 Å². The Morgan fingerprint density at radius 1 is 0.923 bits per heavy atom. The average molecular weight is 374 g/mol. The second kappa shape index (κ2) is 9.05. The molecule has 0 heterocycles. The van der Waals surface area contributed by atoms with Gasteiger partial charge in [0.2, 0.25) is 0 Å². The first-order valence-corrected chi connectivity index (χ1v) is 8.44. The molecule has 0 radical (unpaired) electrons. The summed E-state index contributed by atoms with van der Waals surface area (Å²) in [5.74, 6) is 0.959. The molecule has 2 aromatic carbocycles. The summed E-state index contributed by atoms with van der Waals surface area (Å²) in [5, 5.41) is 6.53. The van der Waals surface area contributed by atoms with Crippen molar-refractivity contribution >= 4 is 34.7 Å². The van der Waals surface area contributed by atoms with Gasteiger partial charge in [-0.05, 0) is 50.3 Å². The van der Waals surface area contributed by atoms with E-state index < -0.39 is 0 Å². The van der Waals surface area contributed by atoms with Crippen molar-refractivity contribution < 1.29 is 19.0 Å². The van der Waals surface area contributed by atoms with E-state index in [2.05, 4.69) is 10.6 Å². The van der Waals surface area contributed by atoms with Crippen LogP contribution in [0.1, 0.15) is 24.2 Å². The maximum atomic E-state index is 11.8. The predicted molar refractivity (Wildman–Crippen MR) is 106 cm³/mol. The van der Waals surface area contributed by atoms with Gasteiger partial charge >= 0.3 is 5.97 Å². The molecule has 6 nitrogen and oxygen atoms in total. The lowest BCUT2D eigenvalue weighted by Gasteiger charge is -2.13. The minimum absolute atomic E-state index is 0.156. The molecule has 0 fully saturated rings. The van der Waals surface area contributed by atoms with Crippen LogP contribution in [0.25, 0.3) is 0 Å². The van der Waals surface area contributed by atoms with Crippen molar-refractivity contribution in [2.24, 2.45) is 0 Å². The zero-order valence-electron chi connectivity index (χ0n) is 15.2. The molecule has 0 aromatic heterocycles. The van der Waals surface area contributed by atoms with Gasteiger partial charge in [0.25, 0.3) is 0 Å². The van der Waals surface area contributed by atoms with E-state index in [9.17, 15) is 4.79 Å². The summed E-state index contributed by atoms with van der Waals surface area (Å²) in [6.07, 6.45) is -0.156. The van der Waals surface area contributed by atoms with Crippen molar-refractivity contribution in [2.75, 3.05) is 24.9 Å². The molecule has 0 unspecified atom stereocenters. The molecule has 138 valence electrons. The van der Waals surface area contributed by atoms with Crippen molar-refractivity contribution in [3.05, 3.63) is 48.0 Å². The van der Waals surface area contributed by atoms with Crippen molar-refractivity contribution in [1.82, 2.24) is 0 Å². The van der Waals surface area contributed by atoms with Crippen LogP contribution in [-0.4, -0.2) is 31.4 Å². The average Bonchev–Trinajstić information content (AvgIpc) is 2.61. The number of rotatable bonds is 6. The van der Waals surface area contributed by atoms with Gasteiger partial charge in [-0.1, -0.05) is 0 Å². The number of carbonyl (C=O) groups excluding carboxylic acids is 1. The summed E-state index contributed by atoms with van der Waals surface area (Å²) in [6, 6.07) is 12.3. The van der Waals surface area contributed by atoms with Crippen LogP contribution in [0.3, 0.4) is 0 Å². The molecule has 0 spiro atoms. The SMILES string of the molecule is COc1cc(NC(=S)Nc2ccc(C(=O)OC(C)C)cc2)cc(OC)c1. The van der Waals surface area contributed by atoms with E-state index in [4.69, 9.17) is 26.4 Å². The molecule has 2 rings (SSSR count). The highest BCUT2D eigenvalue weighted by Gasteiger charge is 2.09. The van der Waals surface area contributed by atoms with E-state index >= 15 is 0 Å². The van der Waals surface area contributed by atoms with Crippen molar-refractivity contribution in [3.8, 4) is 11.5 Å². The maximum absolute atomic E-state index is 11.8. The largest absolute Gasteiger partial charge is 0.497 e. The van der Waals surface area contributed by atoms with Crippen molar-refractivity contribution in [1.29, 1.82) is 0 Å². The van der Waals surface area contributed by atoms with Crippen LogP contribution in [0, 0.1) is 0 Å². The van der Waals surface area contributed by atoms with Gasteiger partial charge in [-0.2, -0.15) is 0 Å². The number of esters is 1. The molecule has 0 saturated heterocycles. The van der Waals surface area contributed by atoms with Gasteiger partial charge in [0.15, 0.2) is 5.11 Å². The minimum Gasteiger partial charge on any atom is -0.497 e. The Morgan fingerprint density at radius 3 is 1.96 bits per heavy atom. The lowest BCUT2D eigenvalue weighted by Crippen LogP contribution is -2.19. The van der Waals surface area contributed by atoms with Gasteiger partial charge in [-0.15, -0.1) is 0 Å². The Balaban J connectivity index is 2.00. The number of carbonyl (C=O) groups is 1. The lowest BCUT2D eigenvalue weighted by atomic mass is 10.2. The van der Waals surface area contributed by atoms with Gasteiger partial charge in [-0.3, -0.25) is 0 Å². The number of thiocarbonyl (C=S) groups is 1. The summed E-state index contributed by atoms with van der Waals surface area (Å²) in [5.41, 5.74) is 1.97. The van der Waals surface area contributed by atoms with E-state index in [1.54, 1.807) is 44.6 Å². The zero-order valence-corrected chi connectivity index (χ0v) is 16.0. The summed E-state index contributed by atoms with van der Waals surface area (Å²) >= 11 is 5.32. The summed E-state index contributed by atoms with van der Waals surface area (Å²) < 4.78 is 15.6. The lowest BCUT2D eigenvalue weighted by molar-refractivity contribution is 0.0378. The summed E-state index contributed by atoms with van der Waals surface area (Å²) in [7, 11) is 3.17. The van der Waals surface area contributed by atoms with E-state index in [0.29, 0.717) is 22.2 Å². The number of methoxy groups -OCH3 is 2. The number of ether oxygens (including phenoxy) is 3. The fraction of sp³-hybridized carbons (Fsp3) is 0.263. The molecule has 7 heteroatoms. The quantitative estimate of drug-likeness (QED) is 0.583. The molecule has 0 bridgehead atoms. The van der Waals surface area contributed by atoms with Crippen LogP contribution in [-0.2, 0) is 4.74 Å². The third kappa shape index (κ3) is 5.63. The number of anilines is 2. The molecule has 0 aliphatic rings. The third-order valence-corrected chi connectivity index (χ3v) is 3.53. The van der Waals surface area contributed by atoms with Gasteiger partial charge in [0.1, 0.15) is 11.5 Å². The van der Waals surface area contributed by atoms with E-state index in [0.717, 1.165) is 11.4 Å². The Kier molecular flexibility index (Phi) is 6.80. The van der Waals surface area contributed by atoms with Gasteiger partial charge in [0.05, 0.1) is 25.9 Å². The first-order valence-electron chi connectivity index (χ1n) is 8.03. The molecule has 26 heavy (non-hydrogen) atoms. The molecule has 2 N–H and O–H groups in total. The Labute approximate surface area is 158 Å². The molecule has 0 aliphatic heterocycles. The minimum atomic E-state index is -0.351. The Morgan fingerprint density at radius 2 is 1.46 bits per heavy atom. The number of benzene rings is 2. The fourth-order valence-corrected chi connectivity index (χ4v) is 2.38. The highest BCUT2D eigenvalue weighted by Crippen LogP contribution is 2.26. The van der Waals surface area contributed by atoms with Crippen LogP contribution >= 0.6 is 12.2 Å². The molecule has 2 aromatic rings. The van der Waals surface area contributed by atoms with Crippen LogP contribution in [0.4, 0.5) is 11.4 Å². The molecular formula is C19H22N2O4S. The second-order valence-corrected chi connectivity index (χ2v) is 6.12. The second-order valence-electron chi connectivity index (χ2n) is 5.71.